The van der Waals surface area contributed by atoms with Crippen molar-refractivity contribution in [3.8, 4) is 11.8 Å². The minimum absolute atomic E-state index is 0.575. The van der Waals surface area contributed by atoms with Crippen molar-refractivity contribution in [1.82, 2.24) is 9.55 Å². The lowest BCUT2D eigenvalue weighted by molar-refractivity contribution is 0.416. The van der Waals surface area contributed by atoms with Crippen LogP contribution in [0.25, 0.3) is 0 Å². The molecule has 0 aliphatic carbocycles. The standard InChI is InChI=1S/C15H18N4O/c1-3-7-19-11-17-9-13(19)10-18-15-12(8-16)5-4-6-14(15)20-2/h4-6,9,11,18H,3,7,10H2,1-2H3. The minimum Gasteiger partial charge on any atom is -0.495 e. The molecular weight excluding hydrogens is 252 g/mol. The van der Waals surface area contributed by atoms with E-state index in [0.29, 0.717) is 17.9 Å². The summed E-state index contributed by atoms with van der Waals surface area (Å²) in [5.74, 6) is 0.672. The van der Waals surface area contributed by atoms with Crippen LogP contribution in [0.1, 0.15) is 24.6 Å². The molecule has 0 saturated carbocycles. The summed E-state index contributed by atoms with van der Waals surface area (Å²) in [4.78, 5) is 4.16. The van der Waals surface area contributed by atoms with Gasteiger partial charge in [-0.05, 0) is 18.6 Å². The van der Waals surface area contributed by atoms with Crippen molar-refractivity contribution in [3.05, 3.63) is 42.0 Å². The number of hydrogen-bond acceptors (Lipinski definition) is 4. The molecule has 2 rings (SSSR count). The molecule has 0 spiro atoms. The number of nitriles is 1. The predicted octanol–water partition coefficient (Wildman–Crippen LogP) is 2.79. The highest BCUT2D eigenvalue weighted by molar-refractivity contribution is 5.66. The molecule has 0 atom stereocenters. The van der Waals surface area contributed by atoms with Gasteiger partial charge in [0.05, 0.1) is 36.9 Å². The maximum absolute atomic E-state index is 9.17. The number of aromatic nitrogens is 2. The molecule has 0 radical (unpaired) electrons. The van der Waals surface area contributed by atoms with E-state index in [-0.39, 0.29) is 0 Å². The normalized spacial score (nSPS) is 10.1. The second kappa shape index (κ2) is 6.62. The van der Waals surface area contributed by atoms with Crippen molar-refractivity contribution < 1.29 is 4.74 Å². The summed E-state index contributed by atoms with van der Waals surface area (Å²) in [6.07, 6.45) is 4.72. The number of hydrogen-bond donors (Lipinski definition) is 1. The van der Waals surface area contributed by atoms with Crippen LogP contribution in [0.2, 0.25) is 0 Å². The van der Waals surface area contributed by atoms with Crippen LogP contribution in [-0.4, -0.2) is 16.7 Å². The van der Waals surface area contributed by atoms with Crippen LogP contribution in [0, 0.1) is 11.3 Å². The van der Waals surface area contributed by atoms with E-state index in [9.17, 15) is 5.26 Å². The molecule has 0 amide bonds. The fourth-order valence-corrected chi connectivity index (χ4v) is 2.09. The van der Waals surface area contributed by atoms with Gasteiger partial charge in [0, 0.05) is 12.7 Å². The Morgan fingerprint density at radius 1 is 1.45 bits per heavy atom. The number of para-hydroxylation sites is 1. The number of anilines is 1. The molecule has 1 N–H and O–H groups in total. The maximum Gasteiger partial charge on any atom is 0.143 e. The van der Waals surface area contributed by atoms with Gasteiger partial charge >= 0.3 is 0 Å². The Morgan fingerprint density at radius 3 is 3.00 bits per heavy atom. The predicted molar refractivity (Wildman–Crippen MR) is 77.6 cm³/mol. The van der Waals surface area contributed by atoms with Gasteiger partial charge in [-0.3, -0.25) is 0 Å². The largest absolute Gasteiger partial charge is 0.495 e. The Morgan fingerprint density at radius 2 is 2.30 bits per heavy atom. The van der Waals surface area contributed by atoms with Crippen LogP contribution in [0.15, 0.2) is 30.7 Å². The molecule has 0 aliphatic rings. The third kappa shape index (κ3) is 2.91. The smallest absolute Gasteiger partial charge is 0.143 e. The highest BCUT2D eigenvalue weighted by Gasteiger charge is 2.09. The van der Waals surface area contributed by atoms with E-state index < -0.39 is 0 Å². The van der Waals surface area contributed by atoms with Gasteiger partial charge in [-0.15, -0.1) is 0 Å². The van der Waals surface area contributed by atoms with Crippen LogP contribution >= 0.6 is 0 Å². The first-order valence-electron chi connectivity index (χ1n) is 6.60. The Balaban J connectivity index is 2.18. The first kappa shape index (κ1) is 13.9. The van der Waals surface area contributed by atoms with Crippen LogP contribution in [0.5, 0.6) is 5.75 Å². The summed E-state index contributed by atoms with van der Waals surface area (Å²) < 4.78 is 7.41. The number of methoxy groups -OCH3 is 1. The zero-order valence-electron chi connectivity index (χ0n) is 11.8. The van der Waals surface area contributed by atoms with E-state index in [2.05, 4.69) is 27.9 Å². The van der Waals surface area contributed by atoms with E-state index in [1.54, 1.807) is 13.2 Å². The van der Waals surface area contributed by atoms with E-state index in [1.807, 2.05) is 24.7 Å². The van der Waals surface area contributed by atoms with E-state index in [4.69, 9.17) is 4.74 Å². The summed E-state index contributed by atoms with van der Waals surface area (Å²) in [6, 6.07) is 7.60. The van der Waals surface area contributed by atoms with E-state index >= 15 is 0 Å². The molecule has 0 bridgehead atoms. The molecule has 0 saturated heterocycles. The molecule has 0 fully saturated rings. The van der Waals surface area contributed by atoms with Crippen molar-refractivity contribution in [1.29, 1.82) is 5.26 Å². The number of aryl methyl sites for hydroxylation is 1. The first-order valence-corrected chi connectivity index (χ1v) is 6.60. The number of rotatable bonds is 6. The number of benzene rings is 1. The Hall–Kier alpha value is -2.48. The van der Waals surface area contributed by atoms with Crippen molar-refractivity contribution >= 4 is 5.69 Å². The molecule has 20 heavy (non-hydrogen) atoms. The number of nitrogens with one attached hydrogen (secondary N) is 1. The Kier molecular flexibility index (Phi) is 4.61. The van der Waals surface area contributed by atoms with Crippen LogP contribution in [0.3, 0.4) is 0 Å². The monoisotopic (exact) mass is 270 g/mol. The quantitative estimate of drug-likeness (QED) is 0.876. The van der Waals surface area contributed by atoms with Gasteiger partial charge in [0.15, 0.2) is 0 Å². The highest BCUT2D eigenvalue weighted by Crippen LogP contribution is 2.28. The third-order valence-electron chi connectivity index (χ3n) is 3.08. The van der Waals surface area contributed by atoms with Crippen LogP contribution in [0.4, 0.5) is 5.69 Å². The van der Waals surface area contributed by atoms with Gasteiger partial charge in [0.25, 0.3) is 0 Å². The van der Waals surface area contributed by atoms with Crippen molar-refractivity contribution in [2.45, 2.75) is 26.4 Å². The topological polar surface area (TPSA) is 62.9 Å². The second-order valence-corrected chi connectivity index (χ2v) is 4.43. The SMILES string of the molecule is CCCn1cncc1CNc1c(C#N)cccc1OC. The lowest BCUT2D eigenvalue weighted by Crippen LogP contribution is -2.08. The van der Waals surface area contributed by atoms with Crippen LogP contribution < -0.4 is 10.1 Å². The second-order valence-electron chi connectivity index (χ2n) is 4.43. The van der Waals surface area contributed by atoms with Crippen LogP contribution in [-0.2, 0) is 13.1 Å². The van der Waals surface area contributed by atoms with Gasteiger partial charge in [-0.1, -0.05) is 13.0 Å². The molecule has 1 aromatic heterocycles. The maximum atomic E-state index is 9.17. The minimum atomic E-state index is 0.575. The molecular formula is C15H18N4O. The number of imidazole rings is 1. The third-order valence-corrected chi connectivity index (χ3v) is 3.08. The summed E-state index contributed by atoms with van der Waals surface area (Å²) >= 11 is 0. The zero-order chi connectivity index (χ0) is 14.4. The summed E-state index contributed by atoms with van der Waals surface area (Å²) in [6.45, 7) is 3.67. The molecule has 5 nitrogen and oxygen atoms in total. The molecule has 1 aromatic carbocycles. The van der Waals surface area contributed by atoms with E-state index in [0.717, 1.165) is 24.3 Å². The molecule has 0 aliphatic heterocycles. The molecule has 5 heteroatoms. The fourth-order valence-electron chi connectivity index (χ4n) is 2.09. The van der Waals surface area contributed by atoms with Crippen molar-refractivity contribution in [3.63, 3.8) is 0 Å². The average molecular weight is 270 g/mol. The molecule has 0 unspecified atom stereocenters. The van der Waals surface area contributed by atoms with Crippen molar-refractivity contribution in [2.24, 2.45) is 0 Å². The van der Waals surface area contributed by atoms with Gasteiger partial charge in [-0.2, -0.15) is 5.26 Å². The summed E-state index contributed by atoms with van der Waals surface area (Å²) in [5.41, 5.74) is 2.38. The average Bonchev–Trinajstić information content (AvgIpc) is 2.92. The number of ether oxygens (including phenoxy) is 1. The Labute approximate surface area is 118 Å². The highest BCUT2D eigenvalue weighted by atomic mass is 16.5. The van der Waals surface area contributed by atoms with E-state index in [1.165, 1.54) is 0 Å². The fraction of sp³-hybridized carbons (Fsp3) is 0.333. The lowest BCUT2D eigenvalue weighted by Gasteiger charge is -2.13. The van der Waals surface area contributed by atoms with Gasteiger partial charge in [0.2, 0.25) is 0 Å². The molecule has 1 heterocycles. The molecule has 2 aromatic rings. The van der Waals surface area contributed by atoms with Gasteiger partial charge in [-0.25, -0.2) is 4.98 Å². The lowest BCUT2D eigenvalue weighted by atomic mass is 10.1. The number of nitrogens with zero attached hydrogens (tertiary/aromatic N) is 3. The first-order chi connectivity index (χ1) is 9.80. The summed E-state index contributed by atoms with van der Waals surface area (Å²) in [7, 11) is 1.60. The van der Waals surface area contributed by atoms with Crippen molar-refractivity contribution in [2.75, 3.05) is 12.4 Å². The zero-order valence-corrected chi connectivity index (χ0v) is 11.8. The Bertz CT molecular complexity index is 613. The molecule has 104 valence electrons. The van der Waals surface area contributed by atoms with Gasteiger partial charge in [0.1, 0.15) is 11.8 Å². The summed E-state index contributed by atoms with van der Waals surface area (Å²) in [5, 5.41) is 12.4. The van der Waals surface area contributed by atoms with Gasteiger partial charge < -0.3 is 14.6 Å².